The third-order valence-corrected chi connectivity index (χ3v) is 6.57. The van der Waals surface area contributed by atoms with Crippen LogP contribution in [0.2, 0.25) is 0 Å². The number of aliphatic carboxylic acids is 1. The first-order valence-electron chi connectivity index (χ1n) is 9.44. The highest BCUT2D eigenvalue weighted by molar-refractivity contribution is 5.76. The number of carbonyl (C=O) groups excluding carboxylic acids is 1. The molecule has 1 fully saturated rings. The number of hydrogen-bond acceptors (Lipinski definition) is 4. The Morgan fingerprint density at radius 3 is 2.73 bits per heavy atom. The van der Waals surface area contributed by atoms with Crippen molar-refractivity contribution in [2.24, 2.45) is 11.3 Å². The average molecular weight is 360 g/mol. The van der Waals surface area contributed by atoms with Gasteiger partial charge in [0, 0.05) is 5.41 Å². The molecule has 142 valence electrons. The van der Waals surface area contributed by atoms with Crippen LogP contribution in [0.5, 0.6) is 5.75 Å². The number of hydrogen-bond donors (Lipinski definition) is 2. The highest BCUT2D eigenvalue weighted by Crippen LogP contribution is 2.57. The lowest BCUT2D eigenvalue weighted by atomic mass is 9.50. The summed E-state index contributed by atoms with van der Waals surface area (Å²) in [6.07, 6.45) is 4.84. The van der Waals surface area contributed by atoms with Gasteiger partial charge in [-0.2, -0.15) is 0 Å². The Balaban J connectivity index is 1.77. The summed E-state index contributed by atoms with van der Waals surface area (Å²) < 4.78 is 5.49. The van der Waals surface area contributed by atoms with E-state index < -0.39 is 11.9 Å². The van der Waals surface area contributed by atoms with Crippen LogP contribution in [-0.4, -0.2) is 28.8 Å². The van der Waals surface area contributed by atoms with E-state index in [0.29, 0.717) is 18.3 Å². The van der Waals surface area contributed by atoms with Crippen molar-refractivity contribution in [3.63, 3.8) is 0 Å². The Hall–Kier alpha value is -2.04. The number of carboxylic acids is 1. The van der Waals surface area contributed by atoms with Gasteiger partial charge in [-0.3, -0.25) is 9.59 Å². The Labute approximate surface area is 154 Å². The highest BCUT2D eigenvalue weighted by Gasteiger charge is 2.52. The molecule has 1 saturated carbocycles. The van der Waals surface area contributed by atoms with Gasteiger partial charge >= 0.3 is 11.9 Å². The van der Waals surface area contributed by atoms with Crippen molar-refractivity contribution in [3.05, 3.63) is 29.3 Å². The number of fused-ring (bicyclic) bond motifs is 3. The predicted molar refractivity (Wildman–Crippen MR) is 97.1 cm³/mol. The summed E-state index contributed by atoms with van der Waals surface area (Å²) >= 11 is 0. The molecule has 26 heavy (non-hydrogen) atoms. The number of ether oxygens (including phenoxy) is 1. The third-order valence-electron chi connectivity index (χ3n) is 6.57. The van der Waals surface area contributed by atoms with Crippen molar-refractivity contribution in [3.8, 4) is 5.75 Å². The second-order valence-electron chi connectivity index (χ2n) is 8.41. The first kappa shape index (κ1) is 18.7. The lowest BCUT2D eigenvalue weighted by Gasteiger charge is -2.55. The minimum absolute atomic E-state index is 0.0156. The summed E-state index contributed by atoms with van der Waals surface area (Å²) in [6.45, 7) is 4.85. The minimum atomic E-state index is -0.981. The van der Waals surface area contributed by atoms with Gasteiger partial charge in [-0.25, -0.2) is 0 Å². The zero-order valence-electron chi connectivity index (χ0n) is 15.6. The second kappa shape index (κ2) is 6.93. The normalized spacial score (nSPS) is 30.2. The molecule has 5 heteroatoms. The van der Waals surface area contributed by atoms with Crippen molar-refractivity contribution < 1.29 is 24.5 Å². The average Bonchev–Trinajstić information content (AvgIpc) is 2.57. The highest BCUT2D eigenvalue weighted by atomic mass is 16.5. The Bertz CT molecular complexity index is 712. The van der Waals surface area contributed by atoms with E-state index in [1.165, 1.54) is 11.1 Å². The molecule has 0 unspecified atom stereocenters. The molecule has 5 nitrogen and oxygen atoms in total. The van der Waals surface area contributed by atoms with Crippen LogP contribution in [0.15, 0.2) is 18.2 Å². The molecular weight excluding hydrogens is 332 g/mol. The molecule has 0 aromatic heterocycles. The molecule has 0 heterocycles. The Morgan fingerprint density at radius 1 is 1.23 bits per heavy atom. The summed E-state index contributed by atoms with van der Waals surface area (Å²) in [5, 5.41) is 18.5. The fourth-order valence-corrected chi connectivity index (χ4v) is 5.31. The van der Waals surface area contributed by atoms with E-state index in [1.54, 1.807) is 6.07 Å². The molecule has 1 aromatic rings. The maximum Gasteiger partial charge on any atom is 0.306 e. The molecule has 2 aliphatic rings. The largest absolute Gasteiger partial charge is 0.508 e. The van der Waals surface area contributed by atoms with Gasteiger partial charge in [-0.15, -0.1) is 0 Å². The number of phenolic OH excluding ortho intramolecular Hbond substituents is 1. The summed E-state index contributed by atoms with van der Waals surface area (Å²) in [5.41, 5.74) is 2.45. The minimum Gasteiger partial charge on any atom is -0.508 e. The van der Waals surface area contributed by atoms with Gasteiger partial charge in [-0.1, -0.05) is 26.3 Å². The molecule has 0 bridgehead atoms. The van der Waals surface area contributed by atoms with E-state index >= 15 is 0 Å². The van der Waals surface area contributed by atoms with Crippen molar-refractivity contribution in [2.45, 2.75) is 64.2 Å². The second-order valence-corrected chi connectivity index (χ2v) is 8.41. The molecule has 2 aliphatic carbocycles. The van der Waals surface area contributed by atoms with Crippen LogP contribution >= 0.6 is 0 Å². The SMILES string of the molecule is C[C@@]1(COC(=O)CCC(=O)O)CCC[C@]2(C)c3ccc(O)cc3CC[C@@H]12. The number of carboxylic acid groups (broad SMARTS) is 1. The molecule has 2 N–H and O–H groups in total. The molecule has 3 atom stereocenters. The van der Waals surface area contributed by atoms with Gasteiger partial charge < -0.3 is 14.9 Å². The van der Waals surface area contributed by atoms with Crippen LogP contribution in [-0.2, 0) is 26.2 Å². The number of carbonyl (C=O) groups is 2. The van der Waals surface area contributed by atoms with Crippen LogP contribution in [0, 0.1) is 11.3 Å². The van der Waals surface area contributed by atoms with Crippen LogP contribution in [0.4, 0.5) is 0 Å². The lowest BCUT2D eigenvalue weighted by Crippen LogP contribution is -2.51. The van der Waals surface area contributed by atoms with Crippen molar-refractivity contribution in [1.29, 1.82) is 0 Å². The third kappa shape index (κ3) is 3.44. The zero-order valence-corrected chi connectivity index (χ0v) is 15.6. The number of benzene rings is 1. The molecule has 0 spiro atoms. The summed E-state index contributed by atoms with van der Waals surface area (Å²) in [5.74, 6) is -0.697. The van der Waals surface area contributed by atoms with Gasteiger partial charge in [-0.05, 0) is 60.3 Å². The number of aryl methyl sites for hydroxylation is 1. The van der Waals surface area contributed by atoms with E-state index in [1.807, 2.05) is 6.07 Å². The fourth-order valence-electron chi connectivity index (χ4n) is 5.31. The Morgan fingerprint density at radius 2 is 2.00 bits per heavy atom. The predicted octanol–water partition coefficient (Wildman–Crippen LogP) is 3.81. The first-order valence-corrected chi connectivity index (χ1v) is 9.44. The van der Waals surface area contributed by atoms with Crippen LogP contribution < -0.4 is 0 Å². The number of phenols is 1. The summed E-state index contributed by atoms with van der Waals surface area (Å²) in [6, 6.07) is 5.71. The summed E-state index contributed by atoms with van der Waals surface area (Å²) in [7, 11) is 0. The summed E-state index contributed by atoms with van der Waals surface area (Å²) in [4.78, 5) is 22.5. The van der Waals surface area contributed by atoms with Gasteiger partial charge in [0.25, 0.3) is 0 Å². The first-order chi connectivity index (χ1) is 12.2. The topological polar surface area (TPSA) is 83.8 Å². The number of esters is 1. The smallest absolute Gasteiger partial charge is 0.306 e. The Kier molecular flexibility index (Phi) is 5.00. The van der Waals surface area contributed by atoms with Gasteiger partial charge in [0.15, 0.2) is 0 Å². The van der Waals surface area contributed by atoms with Crippen molar-refractivity contribution >= 4 is 11.9 Å². The van der Waals surface area contributed by atoms with Crippen molar-refractivity contribution in [1.82, 2.24) is 0 Å². The van der Waals surface area contributed by atoms with Crippen LogP contribution in [0.3, 0.4) is 0 Å². The van der Waals surface area contributed by atoms with E-state index in [-0.39, 0.29) is 23.7 Å². The molecular formula is C21H28O5. The maximum atomic E-state index is 11.9. The van der Waals surface area contributed by atoms with E-state index in [2.05, 4.69) is 19.9 Å². The number of rotatable bonds is 5. The lowest BCUT2D eigenvalue weighted by molar-refractivity contribution is -0.153. The van der Waals surface area contributed by atoms with Crippen LogP contribution in [0.1, 0.15) is 63.5 Å². The van der Waals surface area contributed by atoms with Gasteiger partial charge in [0.1, 0.15) is 5.75 Å². The molecule has 0 radical (unpaired) electrons. The quantitative estimate of drug-likeness (QED) is 0.780. The van der Waals surface area contributed by atoms with E-state index in [0.717, 1.165) is 32.1 Å². The van der Waals surface area contributed by atoms with Crippen LogP contribution in [0.25, 0.3) is 0 Å². The zero-order chi connectivity index (χ0) is 18.9. The van der Waals surface area contributed by atoms with E-state index in [9.17, 15) is 14.7 Å². The number of aromatic hydroxyl groups is 1. The van der Waals surface area contributed by atoms with Gasteiger partial charge in [0.05, 0.1) is 19.4 Å². The monoisotopic (exact) mass is 360 g/mol. The van der Waals surface area contributed by atoms with E-state index in [4.69, 9.17) is 9.84 Å². The molecule has 3 rings (SSSR count). The van der Waals surface area contributed by atoms with Crippen molar-refractivity contribution in [2.75, 3.05) is 6.61 Å². The molecule has 0 saturated heterocycles. The van der Waals surface area contributed by atoms with Gasteiger partial charge in [0.2, 0.25) is 0 Å². The maximum absolute atomic E-state index is 11.9. The molecule has 0 amide bonds. The molecule has 0 aliphatic heterocycles. The fraction of sp³-hybridized carbons (Fsp3) is 0.619. The molecule has 1 aromatic carbocycles. The standard InChI is InChI=1S/C21H28O5/c1-20(13-26-19(25)9-8-18(23)24)10-3-11-21(2)16-6-5-15(22)12-14(16)4-7-17(20)21/h5-6,12,17,22H,3-4,7-11,13H2,1-2H3,(H,23,24)/t17-,20-,21+/m0/s1.